The first kappa shape index (κ1) is 20.7. The summed E-state index contributed by atoms with van der Waals surface area (Å²) in [4.78, 5) is 0. The van der Waals surface area contributed by atoms with Crippen molar-refractivity contribution in [2.45, 2.75) is 88.0 Å². The van der Waals surface area contributed by atoms with Crippen molar-refractivity contribution in [2.75, 3.05) is 6.61 Å². The fourth-order valence-electron chi connectivity index (χ4n) is 3.32. The third kappa shape index (κ3) is 8.04. The van der Waals surface area contributed by atoms with Crippen molar-refractivity contribution < 1.29 is 5.11 Å². The SMILES string of the molecule is CCC(C)(C)CC(C)(C)C=CC(C)(C)CC(C)(CC)CO. The number of aliphatic hydroxyl groups excluding tert-OH is 1. The zero-order chi connectivity index (χ0) is 16.9. The summed E-state index contributed by atoms with van der Waals surface area (Å²) in [5.74, 6) is 0. The maximum Gasteiger partial charge on any atom is 0.0484 e. The molecule has 0 rings (SSSR count). The predicted molar refractivity (Wildman–Crippen MR) is 95.5 cm³/mol. The van der Waals surface area contributed by atoms with Gasteiger partial charge in [-0.25, -0.2) is 0 Å². The Bertz CT molecular complexity index is 330. The summed E-state index contributed by atoms with van der Waals surface area (Å²) in [7, 11) is 0. The van der Waals surface area contributed by atoms with Crippen LogP contribution >= 0.6 is 0 Å². The highest BCUT2D eigenvalue weighted by molar-refractivity contribution is 5.04. The average molecular weight is 297 g/mol. The van der Waals surface area contributed by atoms with Crippen LogP contribution in [0.5, 0.6) is 0 Å². The third-order valence-electron chi connectivity index (χ3n) is 4.99. The van der Waals surface area contributed by atoms with E-state index in [4.69, 9.17) is 0 Å². The minimum absolute atomic E-state index is 0.0284. The Hall–Kier alpha value is -0.300. The number of allylic oxidation sites excluding steroid dienone is 2. The van der Waals surface area contributed by atoms with Crippen molar-refractivity contribution in [1.29, 1.82) is 0 Å². The molecule has 126 valence electrons. The summed E-state index contributed by atoms with van der Waals surface area (Å²) in [6.07, 6.45) is 9.24. The average Bonchev–Trinajstić information content (AvgIpc) is 2.35. The van der Waals surface area contributed by atoms with Gasteiger partial charge in [-0.1, -0.05) is 80.9 Å². The Morgan fingerprint density at radius 1 is 0.714 bits per heavy atom. The summed E-state index contributed by atoms with van der Waals surface area (Å²) >= 11 is 0. The maximum atomic E-state index is 9.64. The van der Waals surface area contributed by atoms with Crippen molar-refractivity contribution in [3.63, 3.8) is 0 Å². The van der Waals surface area contributed by atoms with Crippen LogP contribution in [0.15, 0.2) is 12.2 Å². The first-order valence-electron chi connectivity index (χ1n) is 8.62. The molecule has 1 unspecified atom stereocenters. The normalized spacial score (nSPS) is 17.2. The zero-order valence-corrected chi connectivity index (χ0v) is 16.1. The Kier molecular flexibility index (Phi) is 7.20. The number of hydrogen-bond donors (Lipinski definition) is 1. The van der Waals surface area contributed by atoms with Crippen LogP contribution < -0.4 is 0 Å². The molecule has 0 saturated carbocycles. The molecular formula is C20H40O. The van der Waals surface area contributed by atoms with E-state index in [0.717, 1.165) is 12.8 Å². The van der Waals surface area contributed by atoms with Crippen LogP contribution in [0.1, 0.15) is 88.0 Å². The second-order valence-electron chi connectivity index (χ2n) is 9.50. The summed E-state index contributed by atoms with van der Waals surface area (Å²) in [6, 6.07) is 0. The second-order valence-corrected chi connectivity index (χ2v) is 9.50. The lowest BCUT2D eigenvalue weighted by Gasteiger charge is -2.36. The molecule has 21 heavy (non-hydrogen) atoms. The molecule has 0 aliphatic carbocycles. The van der Waals surface area contributed by atoms with Crippen LogP contribution in [-0.2, 0) is 0 Å². The highest BCUT2D eigenvalue weighted by Gasteiger charge is 2.30. The topological polar surface area (TPSA) is 20.2 Å². The molecule has 0 radical (unpaired) electrons. The van der Waals surface area contributed by atoms with Gasteiger partial charge in [0.1, 0.15) is 0 Å². The summed E-state index contributed by atoms with van der Waals surface area (Å²) in [6.45, 7) is 20.9. The molecule has 1 N–H and O–H groups in total. The van der Waals surface area contributed by atoms with E-state index in [2.05, 4.69) is 74.5 Å². The van der Waals surface area contributed by atoms with Crippen LogP contribution in [-0.4, -0.2) is 11.7 Å². The van der Waals surface area contributed by atoms with Crippen molar-refractivity contribution in [1.82, 2.24) is 0 Å². The summed E-state index contributed by atoms with van der Waals surface area (Å²) in [5.41, 5.74) is 0.765. The van der Waals surface area contributed by atoms with Crippen molar-refractivity contribution >= 4 is 0 Å². The van der Waals surface area contributed by atoms with Gasteiger partial charge in [0.15, 0.2) is 0 Å². The Balaban J connectivity index is 4.91. The van der Waals surface area contributed by atoms with Crippen molar-refractivity contribution in [3.05, 3.63) is 12.2 Å². The van der Waals surface area contributed by atoms with E-state index in [9.17, 15) is 5.11 Å². The number of aliphatic hydroxyl groups is 1. The van der Waals surface area contributed by atoms with Gasteiger partial charge in [0.05, 0.1) is 0 Å². The molecule has 0 aliphatic heterocycles. The van der Waals surface area contributed by atoms with E-state index in [0.29, 0.717) is 5.41 Å². The summed E-state index contributed by atoms with van der Waals surface area (Å²) < 4.78 is 0. The van der Waals surface area contributed by atoms with Gasteiger partial charge >= 0.3 is 0 Å². The lowest BCUT2D eigenvalue weighted by Crippen LogP contribution is -2.28. The first-order valence-corrected chi connectivity index (χ1v) is 8.62. The predicted octanol–water partition coefficient (Wildman–Crippen LogP) is 6.22. The molecule has 0 fully saturated rings. The van der Waals surface area contributed by atoms with E-state index < -0.39 is 0 Å². The van der Waals surface area contributed by atoms with Gasteiger partial charge in [0.25, 0.3) is 0 Å². The molecule has 0 saturated heterocycles. The highest BCUT2D eigenvalue weighted by Crippen LogP contribution is 2.40. The van der Waals surface area contributed by atoms with Gasteiger partial charge in [-0.05, 0) is 40.9 Å². The van der Waals surface area contributed by atoms with Crippen LogP contribution in [0, 0.1) is 21.7 Å². The van der Waals surface area contributed by atoms with Crippen LogP contribution in [0.2, 0.25) is 0 Å². The van der Waals surface area contributed by atoms with E-state index in [1.807, 2.05) is 0 Å². The van der Waals surface area contributed by atoms with Gasteiger partial charge in [0.2, 0.25) is 0 Å². The monoisotopic (exact) mass is 296 g/mol. The molecular weight excluding hydrogens is 256 g/mol. The van der Waals surface area contributed by atoms with Gasteiger partial charge in [0, 0.05) is 6.61 Å². The molecule has 1 heteroatoms. The highest BCUT2D eigenvalue weighted by atomic mass is 16.3. The fourth-order valence-corrected chi connectivity index (χ4v) is 3.32. The minimum atomic E-state index is 0.0284. The number of hydrogen-bond acceptors (Lipinski definition) is 1. The maximum absolute atomic E-state index is 9.64. The van der Waals surface area contributed by atoms with E-state index in [-0.39, 0.29) is 22.9 Å². The molecule has 1 nitrogen and oxygen atoms in total. The van der Waals surface area contributed by atoms with Gasteiger partial charge in [-0.3, -0.25) is 0 Å². The van der Waals surface area contributed by atoms with E-state index >= 15 is 0 Å². The van der Waals surface area contributed by atoms with E-state index in [1.165, 1.54) is 12.8 Å². The standard InChI is InChI=1S/C20H40O/c1-10-17(3,4)14-18(5,6)12-13-19(7,8)15-20(9,11-2)16-21/h12-13,21H,10-11,14-16H2,1-9H3. The molecule has 0 amide bonds. The molecule has 0 aromatic carbocycles. The number of rotatable bonds is 9. The van der Waals surface area contributed by atoms with Gasteiger partial charge in [-0.2, -0.15) is 0 Å². The lowest BCUT2D eigenvalue weighted by molar-refractivity contribution is 0.0975. The molecule has 0 spiro atoms. The van der Waals surface area contributed by atoms with Crippen LogP contribution in [0.25, 0.3) is 0 Å². The van der Waals surface area contributed by atoms with Crippen LogP contribution in [0.4, 0.5) is 0 Å². The molecule has 0 aromatic heterocycles. The molecule has 0 aliphatic rings. The van der Waals surface area contributed by atoms with Gasteiger partial charge < -0.3 is 5.11 Å². The fraction of sp³-hybridized carbons (Fsp3) is 0.900. The third-order valence-corrected chi connectivity index (χ3v) is 4.99. The van der Waals surface area contributed by atoms with Crippen molar-refractivity contribution in [3.8, 4) is 0 Å². The Morgan fingerprint density at radius 2 is 1.14 bits per heavy atom. The Morgan fingerprint density at radius 3 is 1.48 bits per heavy atom. The lowest BCUT2D eigenvalue weighted by atomic mass is 9.70. The second kappa shape index (κ2) is 7.31. The van der Waals surface area contributed by atoms with Crippen molar-refractivity contribution in [2.24, 2.45) is 21.7 Å². The molecule has 0 aromatic rings. The zero-order valence-electron chi connectivity index (χ0n) is 16.1. The van der Waals surface area contributed by atoms with E-state index in [1.54, 1.807) is 0 Å². The minimum Gasteiger partial charge on any atom is -0.396 e. The largest absolute Gasteiger partial charge is 0.396 e. The molecule has 1 atom stereocenters. The van der Waals surface area contributed by atoms with Gasteiger partial charge in [-0.15, -0.1) is 0 Å². The quantitative estimate of drug-likeness (QED) is 0.501. The first-order chi connectivity index (χ1) is 9.30. The summed E-state index contributed by atoms with van der Waals surface area (Å²) in [5, 5.41) is 9.64. The Labute approximate surface area is 134 Å². The molecule has 0 heterocycles. The smallest absolute Gasteiger partial charge is 0.0484 e. The van der Waals surface area contributed by atoms with Crippen LogP contribution in [0.3, 0.4) is 0 Å². The molecule has 0 bridgehead atoms.